The first-order valence-electron chi connectivity index (χ1n) is 13.5. The molecule has 8 nitrogen and oxygen atoms in total. The first-order chi connectivity index (χ1) is 20.2. The maximum Gasteiger partial charge on any atom is 0.264 e. The molecule has 0 aliphatic carbocycles. The summed E-state index contributed by atoms with van der Waals surface area (Å²) in [6.07, 6.45) is 6.26. The van der Waals surface area contributed by atoms with Crippen molar-refractivity contribution in [2.75, 3.05) is 38.1 Å². The molecule has 1 aromatic heterocycles. The predicted molar refractivity (Wildman–Crippen MR) is 162 cm³/mol. The van der Waals surface area contributed by atoms with Gasteiger partial charge in [-0.3, -0.25) is 9.71 Å². The highest BCUT2D eigenvalue weighted by Crippen LogP contribution is 2.38. The van der Waals surface area contributed by atoms with E-state index in [0.29, 0.717) is 34.8 Å². The molecular formula is C30H30Cl2FN3O5S. The van der Waals surface area contributed by atoms with Crippen LogP contribution in [0.1, 0.15) is 25.7 Å². The van der Waals surface area contributed by atoms with Crippen molar-refractivity contribution in [3.8, 4) is 23.0 Å². The summed E-state index contributed by atoms with van der Waals surface area (Å²) in [5.74, 6) is 0.505. The van der Waals surface area contributed by atoms with Gasteiger partial charge in [-0.05, 0) is 68.8 Å². The Morgan fingerprint density at radius 1 is 0.952 bits per heavy atom. The number of hydrogen-bond acceptors (Lipinski definition) is 7. The lowest BCUT2D eigenvalue weighted by atomic mass is 10.1. The average Bonchev–Trinajstić information content (AvgIpc) is 2.96. The molecule has 0 unspecified atom stereocenters. The van der Waals surface area contributed by atoms with Crippen molar-refractivity contribution in [1.29, 1.82) is 0 Å². The van der Waals surface area contributed by atoms with Crippen LogP contribution in [0, 0.1) is 5.82 Å². The number of hydrogen-bond donors (Lipinski definition) is 1. The van der Waals surface area contributed by atoms with Gasteiger partial charge in [0.05, 0.1) is 35.0 Å². The lowest BCUT2D eigenvalue weighted by molar-refractivity contribution is 0.203. The molecule has 0 amide bonds. The fraction of sp³-hybridized carbons (Fsp3) is 0.300. The fourth-order valence-electron chi connectivity index (χ4n) is 4.85. The summed E-state index contributed by atoms with van der Waals surface area (Å²) in [4.78, 5) is 6.59. The molecule has 0 atom stereocenters. The molecular weight excluding hydrogens is 604 g/mol. The fourth-order valence-corrected chi connectivity index (χ4v) is 7.05. The van der Waals surface area contributed by atoms with Gasteiger partial charge in [0.2, 0.25) is 0 Å². The minimum atomic E-state index is -4.18. The number of aromatic nitrogens is 1. The number of fused-ring (bicyclic) bond motifs is 1. The van der Waals surface area contributed by atoms with Crippen molar-refractivity contribution in [2.45, 2.75) is 30.6 Å². The number of nitrogens with one attached hydrogen (secondary N) is 1. The number of sulfonamides is 1. The van der Waals surface area contributed by atoms with Gasteiger partial charge in [0.15, 0.2) is 23.1 Å². The number of likely N-dealkylation sites (tertiary alicyclic amines) is 1. The van der Waals surface area contributed by atoms with Crippen LogP contribution in [-0.4, -0.2) is 51.7 Å². The lowest BCUT2D eigenvalue weighted by Gasteiger charge is -2.26. The van der Waals surface area contributed by atoms with Crippen molar-refractivity contribution < 1.29 is 27.0 Å². The second-order valence-corrected chi connectivity index (χ2v) is 12.3. The van der Waals surface area contributed by atoms with Crippen LogP contribution in [0.3, 0.4) is 0 Å². The number of methoxy groups -OCH3 is 1. The monoisotopic (exact) mass is 633 g/mol. The van der Waals surface area contributed by atoms with Gasteiger partial charge in [-0.2, -0.15) is 0 Å². The minimum absolute atomic E-state index is 0.0285. The summed E-state index contributed by atoms with van der Waals surface area (Å²) in [6, 6.07) is 13.2. The minimum Gasteiger partial charge on any atom is -0.493 e. The highest BCUT2D eigenvalue weighted by molar-refractivity contribution is 7.93. The third-order valence-corrected chi connectivity index (χ3v) is 9.24. The Kier molecular flexibility index (Phi) is 9.57. The quantitative estimate of drug-likeness (QED) is 0.171. The molecule has 42 heavy (non-hydrogen) atoms. The second-order valence-electron chi connectivity index (χ2n) is 9.84. The molecule has 5 rings (SSSR count). The highest BCUT2D eigenvalue weighted by atomic mass is 35.5. The molecule has 0 spiro atoms. The van der Waals surface area contributed by atoms with Gasteiger partial charge in [-0.1, -0.05) is 35.7 Å². The summed E-state index contributed by atoms with van der Waals surface area (Å²) < 4.78 is 60.6. The van der Waals surface area contributed by atoms with Crippen LogP contribution < -0.4 is 18.9 Å². The molecule has 4 aromatic rings. The predicted octanol–water partition coefficient (Wildman–Crippen LogP) is 7.54. The average molecular weight is 635 g/mol. The molecule has 12 heteroatoms. The van der Waals surface area contributed by atoms with E-state index >= 15 is 4.39 Å². The maximum atomic E-state index is 15.1. The summed E-state index contributed by atoms with van der Waals surface area (Å²) in [6.45, 7) is 3.81. The van der Waals surface area contributed by atoms with E-state index in [1.54, 1.807) is 31.5 Å². The molecule has 2 heterocycles. The molecule has 1 aliphatic heterocycles. The van der Waals surface area contributed by atoms with Gasteiger partial charge in [-0.15, -0.1) is 0 Å². The normalized spacial score (nSPS) is 14.1. The van der Waals surface area contributed by atoms with Gasteiger partial charge in [-0.25, -0.2) is 12.8 Å². The summed E-state index contributed by atoms with van der Waals surface area (Å²) in [7, 11) is -2.63. The van der Waals surface area contributed by atoms with Crippen LogP contribution in [0.15, 0.2) is 65.7 Å². The van der Waals surface area contributed by atoms with E-state index in [1.165, 1.54) is 49.6 Å². The van der Waals surface area contributed by atoms with Crippen LogP contribution in [-0.2, 0) is 10.0 Å². The SMILES string of the molecule is COc1cc2c(Oc3ccc(NS(=O)(=O)c4c(Cl)cccc4Cl)cc3F)ccnc2cc1OCCCN1CCCCC1. The first-order valence-corrected chi connectivity index (χ1v) is 15.8. The van der Waals surface area contributed by atoms with E-state index in [9.17, 15) is 8.42 Å². The van der Waals surface area contributed by atoms with Crippen molar-refractivity contribution >= 4 is 49.8 Å². The Bertz CT molecular complexity index is 1660. The zero-order valence-corrected chi connectivity index (χ0v) is 25.2. The number of anilines is 1. The molecule has 0 radical (unpaired) electrons. The number of piperidine rings is 1. The van der Waals surface area contributed by atoms with Gasteiger partial charge >= 0.3 is 0 Å². The Morgan fingerprint density at radius 2 is 1.71 bits per heavy atom. The second kappa shape index (κ2) is 13.3. The van der Waals surface area contributed by atoms with Gasteiger partial charge < -0.3 is 19.1 Å². The van der Waals surface area contributed by atoms with Crippen LogP contribution in [0.2, 0.25) is 10.0 Å². The van der Waals surface area contributed by atoms with Gasteiger partial charge in [0.25, 0.3) is 10.0 Å². The van der Waals surface area contributed by atoms with E-state index in [-0.39, 0.29) is 26.4 Å². The molecule has 0 bridgehead atoms. The Labute approximate surface area is 254 Å². The molecule has 1 N–H and O–H groups in total. The zero-order valence-electron chi connectivity index (χ0n) is 22.9. The summed E-state index contributed by atoms with van der Waals surface area (Å²) >= 11 is 12.1. The molecule has 0 saturated carbocycles. The van der Waals surface area contributed by atoms with Crippen LogP contribution >= 0.6 is 23.2 Å². The van der Waals surface area contributed by atoms with E-state index in [2.05, 4.69) is 14.6 Å². The number of rotatable bonds is 11. The van der Waals surface area contributed by atoms with Crippen LogP contribution in [0.4, 0.5) is 10.1 Å². The van der Waals surface area contributed by atoms with E-state index in [4.69, 9.17) is 37.4 Å². The van der Waals surface area contributed by atoms with Crippen molar-refractivity contribution in [3.63, 3.8) is 0 Å². The van der Waals surface area contributed by atoms with Crippen molar-refractivity contribution in [1.82, 2.24) is 9.88 Å². The topological polar surface area (TPSA) is 90.0 Å². The zero-order chi connectivity index (χ0) is 29.7. The molecule has 1 aliphatic rings. The number of benzene rings is 3. The Hall–Kier alpha value is -3.31. The maximum absolute atomic E-state index is 15.1. The highest BCUT2D eigenvalue weighted by Gasteiger charge is 2.22. The molecule has 3 aromatic carbocycles. The van der Waals surface area contributed by atoms with Crippen LogP contribution in [0.5, 0.6) is 23.0 Å². The number of halogens is 3. The van der Waals surface area contributed by atoms with E-state index < -0.39 is 15.8 Å². The van der Waals surface area contributed by atoms with Crippen molar-refractivity contribution in [2.24, 2.45) is 0 Å². The largest absolute Gasteiger partial charge is 0.493 e. The van der Waals surface area contributed by atoms with Crippen LogP contribution in [0.25, 0.3) is 10.9 Å². The third-order valence-electron chi connectivity index (χ3n) is 6.90. The van der Waals surface area contributed by atoms with E-state index in [1.807, 2.05) is 0 Å². The van der Waals surface area contributed by atoms with E-state index in [0.717, 1.165) is 32.1 Å². The summed E-state index contributed by atoms with van der Waals surface area (Å²) in [5, 5.41) is 0.482. The number of ether oxygens (including phenoxy) is 3. The van der Waals surface area contributed by atoms with Gasteiger partial charge in [0.1, 0.15) is 10.6 Å². The third kappa shape index (κ3) is 7.00. The first kappa shape index (κ1) is 30.2. The van der Waals surface area contributed by atoms with Crippen molar-refractivity contribution in [3.05, 3.63) is 76.7 Å². The Balaban J connectivity index is 1.31. The standard InChI is InChI=1S/C30H30Cl2FN3O5S/c1-39-28-18-21-25(19-29(28)40-16-6-15-36-13-3-2-4-14-36)34-12-11-26(21)41-27-10-9-20(17-24(27)33)35-42(37,38)30-22(31)7-5-8-23(30)32/h5,7-12,17-19,35H,2-4,6,13-16H2,1H3. The molecule has 1 saturated heterocycles. The Morgan fingerprint density at radius 3 is 2.43 bits per heavy atom. The number of nitrogens with zero attached hydrogens (tertiary/aromatic N) is 2. The van der Waals surface area contributed by atoms with Gasteiger partial charge in [0, 0.05) is 30.3 Å². The summed E-state index contributed by atoms with van der Waals surface area (Å²) in [5.41, 5.74) is 0.555. The lowest BCUT2D eigenvalue weighted by Crippen LogP contribution is -2.31. The smallest absolute Gasteiger partial charge is 0.264 e. The molecule has 222 valence electrons. The number of pyridine rings is 1. The molecule has 1 fully saturated rings.